The first-order valence-electron chi connectivity index (χ1n) is 7.21. The number of nitrogens with one attached hydrogen (secondary N) is 1. The minimum Gasteiger partial charge on any atom is -0.396 e. The first-order chi connectivity index (χ1) is 9.15. The van der Waals surface area contributed by atoms with Gasteiger partial charge in [-0.2, -0.15) is 5.26 Å². The number of hydrogen-bond acceptors (Lipinski definition) is 4. The molecular weight excluding hydrogens is 242 g/mol. The molecule has 0 heterocycles. The fourth-order valence-electron chi connectivity index (χ4n) is 2.57. The molecule has 19 heavy (non-hydrogen) atoms. The normalized spacial score (nSPS) is 18.0. The van der Waals surface area contributed by atoms with Crippen molar-refractivity contribution in [2.75, 3.05) is 26.2 Å². The van der Waals surface area contributed by atoms with Crippen LogP contribution in [-0.2, 0) is 4.79 Å². The summed E-state index contributed by atoms with van der Waals surface area (Å²) >= 11 is 0. The van der Waals surface area contributed by atoms with Crippen LogP contribution in [0.15, 0.2) is 0 Å². The average Bonchev–Trinajstić information content (AvgIpc) is 2.44. The second kappa shape index (κ2) is 8.13. The Morgan fingerprint density at radius 2 is 2.11 bits per heavy atom. The van der Waals surface area contributed by atoms with Gasteiger partial charge in [0.2, 0.25) is 5.91 Å². The van der Waals surface area contributed by atoms with Crippen molar-refractivity contribution in [1.29, 1.82) is 5.26 Å². The van der Waals surface area contributed by atoms with Crippen LogP contribution >= 0.6 is 0 Å². The van der Waals surface area contributed by atoms with Crippen molar-refractivity contribution in [3.05, 3.63) is 0 Å². The van der Waals surface area contributed by atoms with E-state index in [-0.39, 0.29) is 12.5 Å². The highest BCUT2D eigenvalue weighted by molar-refractivity contribution is 5.79. The maximum Gasteiger partial charge on any atom is 0.235 e. The quantitative estimate of drug-likeness (QED) is 0.722. The molecule has 5 heteroatoms. The van der Waals surface area contributed by atoms with Gasteiger partial charge in [0.25, 0.3) is 0 Å². The number of aliphatic hydroxyl groups excluding tert-OH is 1. The zero-order valence-electron chi connectivity index (χ0n) is 11.8. The first kappa shape index (κ1) is 15.9. The third-order valence-corrected chi connectivity index (χ3v) is 3.75. The topological polar surface area (TPSA) is 76.4 Å². The summed E-state index contributed by atoms with van der Waals surface area (Å²) in [5, 5.41) is 21.0. The Labute approximate surface area is 115 Å². The lowest BCUT2D eigenvalue weighted by molar-refractivity contribution is -0.124. The molecule has 0 unspecified atom stereocenters. The summed E-state index contributed by atoms with van der Waals surface area (Å²) in [4.78, 5) is 14.0. The van der Waals surface area contributed by atoms with Crippen LogP contribution in [0.1, 0.15) is 45.4 Å². The zero-order valence-corrected chi connectivity index (χ0v) is 11.8. The molecule has 0 aromatic heterocycles. The number of aliphatic hydroxyl groups is 1. The highest BCUT2D eigenvalue weighted by atomic mass is 16.3. The predicted octanol–water partition coefficient (Wildman–Crippen LogP) is 1.03. The first-order valence-corrected chi connectivity index (χ1v) is 7.21. The second-order valence-corrected chi connectivity index (χ2v) is 5.25. The standard InChI is InChI=1S/C14H25N3O2/c1-2-17(9-6-10-18)11-13(19)16-14(12-15)7-4-3-5-8-14/h18H,2-11H2,1H3,(H,16,19). The molecule has 0 spiro atoms. The van der Waals surface area contributed by atoms with Gasteiger partial charge in [-0.1, -0.05) is 26.2 Å². The largest absolute Gasteiger partial charge is 0.396 e. The number of carbonyl (C=O) groups is 1. The maximum atomic E-state index is 12.0. The molecule has 2 N–H and O–H groups in total. The molecule has 0 atom stereocenters. The summed E-state index contributed by atoms with van der Waals surface area (Å²) in [6.45, 7) is 3.92. The Morgan fingerprint density at radius 3 is 2.63 bits per heavy atom. The molecule has 5 nitrogen and oxygen atoms in total. The lowest BCUT2D eigenvalue weighted by Crippen LogP contribution is -2.51. The molecule has 1 rings (SSSR count). The van der Waals surface area contributed by atoms with E-state index in [1.54, 1.807) is 0 Å². The van der Waals surface area contributed by atoms with Gasteiger partial charge in [0.1, 0.15) is 5.54 Å². The lowest BCUT2D eigenvalue weighted by atomic mass is 9.83. The molecule has 1 fully saturated rings. The third-order valence-electron chi connectivity index (χ3n) is 3.75. The minimum absolute atomic E-state index is 0.0803. The molecule has 1 saturated carbocycles. The van der Waals surface area contributed by atoms with Crippen molar-refractivity contribution >= 4 is 5.91 Å². The van der Waals surface area contributed by atoms with E-state index in [2.05, 4.69) is 11.4 Å². The van der Waals surface area contributed by atoms with Crippen LogP contribution in [0.3, 0.4) is 0 Å². The van der Waals surface area contributed by atoms with E-state index in [0.29, 0.717) is 19.5 Å². The molecular formula is C14H25N3O2. The monoisotopic (exact) mass is 267 g/mol. The third kappa shape index (κ3) is 5.17. The Hall–Kier alpha value is -1.12. The van der Waals surface area contributed by atoms with Crippen LogP contribution in [0.4, 0.5) is 0 Å². The van der Waals surface area contributed by atoms with Crippen LogP contribution in [0.25, 0.3) is 0 Å². The fraction of sp³-hybridized carbons (Fsp3) is 0.857. The summed E-state index contributed by atoms with van der Waals surface area (Å²) < 4.78 is 0. The van der Waals surface area contributed by atoms with Gasteiger partial charge in [-0.05, 0) is 25.8 Å². The van der Waals surface area contributed by atoms with Crippen molar-refractivity contribution in [2.45, 2.75) is 51.0 Å². The second-order valence-electron chi connectivity index (χ2n) is 5.25. The van der Waals surface area contributed by atoms with E-state index in [1.165, 1.54) is 0 Å². The summed E-state index contributed by atoms with van der Waals surface area (Å²) in [5.41, 5.74) is -0.647. The number of nitrogens with zero attached hydrogens (tertiary/aromatic N) is 2. The number of nitriles is 1. The van der Waals surface area contributed by atoms with Gasteiger partial charge >= 0.3 is 0 Å². The number of hydrogen-bond donors (Lipinski definition) is 2. The smallest absolute Gasteiger partial charge is 0.235 e. The van der Waals surface area contributed by atoms with Crippen LogP contribution < -0.4 is 5.32 Å². The molecule has 1 aliphatic carbocycles. The molecule has 0 bridgehead atoms. The molecule has 1 amide bonds. The highest BCUT2D eigenvalue weighted by Crippen LogP contribution is 2.27. The summed E-state index contributed by atoms with van der Waals surface area (Å²) in [6, 6.07) is 2.29. The number of rotatable bonds is 7. The van der Waals surface area contributed by atoms with Crippen molar-refractivity contribution in [2.24, 2.45) is 0 Å². The summed E-state index contributed by atoms with van der Waals surface area (Å²) in [6.07, 6.45) is 5.36. The van der Waals surface area contributed by atoms with E-state index in [4.69, 9.17) is 5.11 Å². The molecule has 0 radical (unpaired) electrons. The Morgan fingerprint density at radius 1 is 1.42 bits per heavy atom. The van der Waals surface area contributed by atoms with E-state index >= 15 is 0 Å². The van der Waals surface area contributed by atoms with Gasteiger partial charge in [0.05, 0.1) is 12.6 Å². The Bertz CT molecular complexity index is 319. The predicted molar refractivity (Wildman–Crippen MR) is 73.4 cm³/mol. The van der Waals surface area contributed by atoms with Gasteiger partial charge in [-0.3, -0.25) is 9.69 Å². The minimum atomic E-state index is -0.647. The van der Waals surface area contributed by atoms with E-state index < -0.39 is 5.54 Å². The van der Waals surface area contributed by atoms with Crippen LogP contribution in [0.2, 0.25) is 0 Å². The van der Waals surface area contributed by atoms with Gasteiger partial charge in [0, 0.05) is 13.2 Å². The van der Waals surface area contributed by atoms with Crippen molar-refractivity contribution < 1.29 is 9.90 Å². The van der Waals surface area contributed by atoms with Crippen molar-refractivity contribution in [1.82, 2.24) is 10.2 Å². The number of amides is 1. The zero-order chi connectivity index (χ0) is 14.1. The van der Waals surface area contributed by atoms with E-state index in [0.717, 1.165) is 38.6 Å². The summed E-state index contributed by atoms with van der Waals surface area (Å²) in [7, 11) is 0. The molecule has 0 aromatic rings. The highest BCUT2D eigenvalue weighted by Gasteiger charge is 2.33. The lowest BCUT2D eigenvalue weighted by Gasteiger charge is -2.32. The molecule has 108 valence electrons. The Kier molecular flexibility index (Phi) is 6.82. The molecule has 0 aromatic carbocycles. The molecule has 0 aliphatic heterocycles. The van der Waals surface area contributed by atoms with Gasteiger partial charge in [-0.25, -0.2) is 0 Å². The summed E-state index contributed by atoms with van der Waals surface area (Å²) in [5.74, 6) is -0.0803. The Balaban J connectivity index is 2.46. The number of carbonyl (C=O) groups excluding carboxylic acids is 1. The SMILES string of the molecule is CCN(CCCO)CC(=O)NC1(C#N)CCCCC1. The van der Waals surface area contributed by atoms with Crippen LogP contribution in [0, 0.1) is 11.3 Å². The van der Waals surface area contributed by atoms with Gasteiger partial charge in [0.15, 0.2) is 0 Å². The van der Waals surface area contributed by atoms with Gasteiger partial charge in [-0.15, -0.1) is 0 Å². The maximum absolute atomic E-state index is 12.0. The van der Waals surface area contributed by atoms with E-state index in [9.17, 15) is 10.1 Å². The van der Waals surface area contributed by atoms with Crippen LogP contribution in [-0.4, -0.2) is 47.7 Å². The number of likely N-dealkylation sites (N-methyl/N-ethyl adjacent to an activating group) is 1. The molecule has 0 saturated heterocycles. The average molecular weight is 267 g/mol. The van der Waals surface area contributed by atoms with Gasteiger partial charge < -0.3 is 10.4 Å². The van der Waals surface area contributed by atoms with Crippen molar-refractivity contribution in [3.8, 4) is 6.07 Å². The molecule has 1 aliphatic rings. The van der Waals surface area contributed by atoms with Crippen LogP contribution in [0.5, 0.6) is 0 Å². The fourth-order valence-corrected chi connectivity index (χ4v) is 2.57. The van der Waals surface area contributed by atoms with Crippen molar-refractivity contribution in [3.63, 3.8) is 0 Å². The van der Waals surface area contributed by atoms with E-state index in [1.807, 2.05) is 11.8 Å².